The van der Waals surface area contributed by atoms with Gasteiger partial charge in [0.25, 0.3) is 11.5 Å². The van der Waals surface area contributed by atoms with Gasteiger partial charge in [0.15, 0.2) is 5.65 Å². The lowest BCUT2D eigenvalue weighted by Gasteiger charge is -2.34. The Balaban J connectivity index is 1.57. The summed E-state index contributed by atoms with van der Waals surface area (Å²) in [5.41, 5.74) is 0.147. The first kappa shape index (κ1) is 26.2. The maximum atomic E-state index is 13.7. The predicted molar refractivity (Wildman–Crippen MR) is 136 cm³/mol. The van der Waals surface area contributed by atoms with Crippen molar-refractivity contribution in [2.45, 2.75) is 37.3 Å². The molecule has 0 aliphatic carbocycles. The highest BCUT2D eigenvalue weighted by Gasteiger charge is 2.36. The number of amides is 1. The second kappa shape index (κ2) is 9.42. The third-order valence-corrected chi connectivity index (χ3v) is 7.90. The second-order valence-electron chi connectivity index (χ2n) is 8.96. The average Bonchev–Trinajstić information content (AvgIpc) is 3.23. The molecule has 4 aromatic rings. The molecule has 1 aromatic carbocycles. The molecule has 0 spiro atoms. The molecule has 0 N–H and O–H groups in total. The Morgan fingerprint density at radius 3 is 2.61 bits per heavy atom. The summed E-state index contributed by atoms with van der Waals surface area (Å²) in [7, 11) is 0.100. The van der Waals surface area contributed by atoms with E-state index in [4.69, 9.17) is 0 Å². The maximum absolute atomic E-state index is 13.7. The Labute approximate surface area is 224 Å². The van der Waals surface area contributed by atoms with Crippen LogP contribution in [0.25, 0.3) is 17.0 Å². The normalized spacial score (nSPS) is 16.5. The van der Waals surface area contributed by atoms with Crippen molar-refractivity contribution >= 4 is 43.8 Å². The lowest BCUT2D eigenvalue weighted by atomic mass is 9.98. The van der Waals surface area contributed by atoms with Gasteiger partial charge >= 0.3 is 6.18 Å². The molecule has 2 atom stereocenters. The number of alkyl halides is 3. The summed E-state index contributed by atoms with van der Waals surface area (Å²) < 4.78 is 55.6. The maximum Gasteiger partial charge on any atom is 0.417 e. The first-order valence-corrected chi connectivity index (χ1v) is 13.7. The number of hydrogen-bond donors (Lipinski definition) is 0. The van der Waals surface area contributed by atoms with Crippen molar-refractivity contribution in [3.05, 3.63) is 73.9 Å². The van der Waals surface area contributed by atoms with Crippen molar-refractivity contribution < 1.29 is 22.2 Å². The van der Waals surface area contributed by atoms with E-state index < -0.39 is 40.0 Å². The smallest absolute Gasteiger partial charge is 0.332 e. The number of rotatable bonds is 3. The van der Waals surface area contributed by atoms with E-state index in [1.165, 1.54) is 27.9 Å². The molecule has 9 nitrogen and oxygen atoms in total. The van der Waals surface area contributed by atoms with Gasteiger partial charge in [0, 0.05) is 34.9 Å². The van der Waals surface area contributed by atoms with Gasteiger partial charge in [-0.3, -0.25) is 13.8 Å². The zero-order valence-electron chi connectivity index (χ0n) is 20.3. The van der Waals surface area contributed by atoms with Gasteiger partial charge in [0.2, 0.25) is 5.16 Å². The Morgan fingerprint density at radius 2 is 1.92 bits per heavy atom. The van der Waals surface area contributed by atoms with Crippen LogP contribution < -0.4 is 5.56 Å². The molecule has 0 fully saturated rings. The van der Waals surface area contributed by atoms with Crippen molar-refractivity contribution in [2.75, 3.05) is 6.26 Å². The van der Waals surface area contributed by atoms with E-state index in [1.54, 1.807) is 30.0 Å². The van der Waals surface area contributed by atoms with Gasteiger partial charge < -0.3 is 9.47 Å². The van der Waals surface area contributed by atoms with E-state index in [-0.39, 0.29) is 39.7 Å². The Kier molecular flexibility index (Phi) is 6.50. The van der Waals surface area contributed by atoms with E-state index in [0.717, 1.165) is 11.6 Å². The molecule has 1 amide bonds. The number of carbonyl (C=O) groups is 1. The molecular weight excluding hydrogens is 589 g/mol. The van der Waals surface area contributed by atoms with Crippen molar-refractivity contribution in [1.82, 2.24) is 29.0 Å². The van der Waals surface area contributed by atoms with Crippen LogP contribution in [0.2, 0.25) is 0 Å². The summed E-state index contributed by atoms with van der Waals surface area (Å²) in [5.74, 6) is -0.420. The molecule has 38 heavy (non-hydrogen) atoms. The predicted octanol–water partition coefficient (Wildman–Crippen LogP) is 3.62. The zero-order valence-corrected chi connectivity index (χ0v) is 22.7. The molecule has 1 aliphatic rings. The van der Waals surface area contributed by atoms with E-state index in [1.807, 2.05) is 7.05 Å². The summed E-state index contributed by atoms with van der Waals surface area (Å²) in [5, 5.41) is -0.0542. The van der Waals surface area contributed by atoms with Gasteiger partial charge in [-0.05, 0) is 43.7 Å². The average molecular weight is 609 g/mol. The summed E-state index contributed by atoms with van der Waals surface area (Å²) in [6.07, 6.45) is -1.57. The lowest BCUT2D eigenvalue weighted by molar-refractivity contribution is -0.138. The van der Waals surface area contributed by atoms with Crippen molar-refractivity contribution in [2.24, 2.45) is 7.05 Å². The molecule has 0 radical (unpaired) electrons. The summed E-state index contributed by atoms with van der Waals surface area (Å²) in [6, 6.07) is 6.13. The Bertz CT molecular complexity index is 1700. The third kappa shape index (κ3) is 4.45. The lowest BCUT2D eigenvalue weighted by Crippen LogP contribution is -2.46. The van der Waals surface area contributed by atoms with Crippen molar-refractivity contribution in [3.8, 4) is 5.82 Å². The van der Waals surface area contributed by atoms with E-state index >= 15 is 0 Å². The van der Waals surface area contributed by atoms with Gasteiger partial charge in [0.1, 0.15) is 5.82 Å². The fourth-order valence-electron chi connectivity index (χ4n) is 4.47. The van der Waals surface area contributed by atoms with Crippen molar-refractivity contribution in [3.63, 3.8) is 0 Å². The molecule has 4 heterocycles. The second-order valence-corrected chi connectivity index (χ2v) is 11.1. The van der Waals surface area contributed by atoms with Gasteiger partial charge in [-0.1, -0.05) is 15.9 Å². The molecule has 1 unspecified atom stereocenters. The van der Waals surface area contributed by atoms with Crippen LogP contribution in [0.3, 0.4) is 0 Å². The van der Waals surface area contributed by atoms with E-state index in [2.05, 4.69) is 30.9 Å². The number of aromatic nitrogens is 5. The number of hydrogen-bond acceptors (Lipinski definition) is 6. The van der Waals surface area contributed by atoms with E-state index in [9.17, 15) is 27.0 Å². The number of carbonyl (C=O) groups excluding carboxylic acids is 1. The SMILES string of the molecule is C[C@@H]1Cc2c(nc(S(C)=O)n(-c3ccc4c(ncn4C)n3)c2=O)CN1C(=O)c1ccc(Br)c(C(F)(F)F)c1. The monoisotopic (exact) mass is 608 g/mol. The molecule has 0 saturated carbocycles. The van der Waals surface area contributed by atoms with Crippen LogP contribution in [0, 0.1) is 0 Å². The molecule has 14 heteroatoms. The first-order valence-electron chi connectivity index (χ1n) is 11.3. The fourth-order valence-corrected chi connectivity index (χ4v) is 5.62. The molecule has 198 valence electrons. The molecule has 5 rings (SSSR count). The summed E-state index contributed by atoms with van der Waals surface area (Å²) >= 11 is 2.88. The van der Waals surface area contributed by atoms with Crippen molar-refractivity contribution in [1.29, 1.82) is 0 Å². The van der Waals surface area contributed by atoms with E-state index in [0.29, 0.717) is 11.2 Å². The molecule has 0 saturated heterocycles. The van der Waals surface area contributed by atoms with Crippen LogP contribution in [0.1, 0.15) is 34.1 Å². The topological polar surface area (TPSA) is 103 Å². The number of nitrogens with zero attached hydrogens (tertiary/aromatic N) is 6. The van der Waals surface area contributed by atoms with Crippen LogP contribution in [0.15, 0.2) is 51.1 Å². The van der Waals surface area contributed by atoms with Gasteiger partial charge in [0.05, 0.1) is 40.4 Å². The number of halogens is 4. The minimum atomic E-state index is -4.64. The summed E-state index contributed by atoms with van der Waals surface area (Å²) in [4.78, 5) is 41.5. The van der Waals surface area contributed by atoms with Crippen LogP contribution in [0.4, 0.5) is 13.2 Å². The highest BCUT2D eigenvalue weighted by molar-refractivity contribution is 9.10. The minimum Gasteiger partial charge on any atom is -0.332 e. The number of imidazole rings is 1. The highest BCUT2D eigenvalue weighted by Crippen LogP contribution is 2.36. The molecule has 3 aromatic heterocycles. The molecule has 0 bridgehead atoms. The Morgan fingerprint density at radius 1 is 1.18 bits per heavy atom. The van der Waals surface area contributed by atoms with Gasteiger partial charge in [-0.15, -0.1) is 0 Å². The molecular formula is C24H20BrF3N6O3S. The highest BCUT2D eigenvalue weighted by atomic mass is 79.9. The zero-order chi connectivity index (χ0) is 27.5. The van der Waals surface area contributed by atoms with Gasteiger partial charge in [-0.25, -0.2) is 19.5 Å². The number of fused-ring (bicyclic) bond motifs is 2. The minimum absolute atomic E-state index is 0.0542. The number of aryl methyl sites for hydroxylation is 1. The number of pyridine rings is 1. The first-order chi connectivity index (χ1) is 17.9. The quantitative estimate of drug-likeness (QED) is 0.329. The van der Waals surface area contributed by atoms with Crippen LogP contribution >= 0.6 is 15.9 Å². The van der Waals surface area contributed by atoms with Crippen LogP contribution in [0.5, 0.6) is 0 Å². The molecule has 1 aliphatic heterocycles. The van der Waals surface area contributed by atoms with Gasteiger partial charge in [-0.2, -0.15) is 13.2 Å². The van der Waals surface area contributed by atoms with Crippen LogP contribution in [-0.2, 0) is 37.0 Å². The third-order valence-electron chi connectivity index (χ3n) is 6.42. The summed E-state index contributed by atoms with van der Waals surface area (Å²) in [6.45, 7) is 1.58. The fraction of sp³-hybridized carbons (Fsp3) is 0.292. The Hall–Kier alpha value is -3.39. The standard InChI is InChI=1S/C24H20BrF3N6O3S/c1-12-8-14-17(10-33(12)21(35)13-4-5-16(25)15(9-13)24(26,27)28)30-23(38(3)37)34(22(14)36)19-7-6-18-20(31-19)29-11-32(18)2/h4-7,9,11-12H,8,10H2,1-3H3/t12-,38?/m1/s1. The largest absolute Gasteiger partial charge is 0.417 e. The number of benzene rings is 1. The van der Waals surface area contributed by atoms with Crippen LogP contribution in [-0.4, -0.2) is 51.4 Å².